The number of para-hydroxylation sites is 1. The molecule has 0 radical (unpaired) electrons. The Morgan fingerprint density at radius 2 is 1.78 bits per heavy atom. The second kappa shape index (κ2) is 7.55. The van der Waals surface area contributed by atoms with Crippen molar-refractivity contribution in [2.45, 2.75) is 25.6 Å². The van der Waals surface area contributed by atoms with E-state index in [0.717, 1.165) is 22.4 Å². The molecule has 27 heavy (non-hydrogen) atoms. The van der Waals surface area contributed by atoms with E-state index in [0.29, 0.717) is 17.2 Å². The number of hydrogen-bond donors (Lipinski definition) is 2. The Hall–Kier alpha value is -2.62. The highest BCUT2D eigenvalue weighted by molar-refractivity contribution is 6.30. The molecule has 3 nitrogen and oxygen atoms in total. The van der Waals surface area contributed by atoms with Crippen LogP contribution in [-0.2, 0) is 0 Å². The van der Waals surface area contributed by atoms with Gasteiger partial charge in [0, 0.05) is 28.8 Å². The first-order valence-corrected chi connectivity index (χ1v) is 9.41. The molecule has 0 unspecified atom stereocenters. The molecule has 0 saturated carbocycles. The highest BCUT2D eigenvalue weighted by Crippen LogP contribution is 2.34. The minimum atomic E-state index is -0.224. The molecule has 4 rings (SSSR count). The van der Waals surface area contributed by atoms with Crippen molar-refractivity contribution in [2.75, 3.05) is 0 Å². The lowest BCUT2D eigenvalue weighted by molar-refractivity contribution is 0.413. The summed E-state index contributed by atoms with van der Waals surface area (Å²) < 4.78 is 0. The number of benzene rings is 3. The zero-order valence-corrected chi connectivity index (χ0v) is 15.8. The Morgan fingerprint density at radius 1 is 1.00 bits per heavy atom. The van der Waals surface area contributed by atoms with Gasteiger partial charge in [-0.3, -0.25) is 10.3 Å². The zero-order chi connectivity index (χ0) is 18.8. The first-order valence-electron chi connectivity index (χ1n) is 9.03. The largest absolute Gasteiger partial charge is 0.508 e. The van der Waals surface area contributed by atoms with Crippen LogP contribution in [0.5, 0.6) is 5.75 Å². The molecule has 1 heterocycles. The van der Waals surface area contributed by atoms with Crippen LogP contribution in [0.3, 0.4) is 0 Å². The highest BCUT2D eigenvalue weighted by Gasteiger charge is 2.27. The molecule has 0 aromatic heterocycles. The number of hydrogen-bond acceptors (Lipinski definition) is 3. The van der Waals surface area contributed by atoms with Crippen molar-refractivity contribution in [2.24, 2.45) is 4.99 Å². The maximum Gasteiger partial charge on any atom is 0.126 e. The summed E-state index contributed by atoms with van der Waals surface area (Å²) >= 11 is 6.20. The topological polar surface area (TPSA) is 44.6 Å². The predicted molar refractivity (Wildman–Crippen MR) is 111 cm³/mol. The van der Waals surface area contributed by atoms with Gasteiger partial charge < -0.3 is 5.11 Å². The van der Waals surface area contributed by atoms with E-state index in [1.165, 1.54) is 5.56 Å². The minimum Gasteiger partial charge on any atom is -0.508 e. The third-order valence-electron chi connectivity index (χ3n) is 4.90. The second-order valence-corrected chi connectivity index (χ2v) is 7.32. The van der Waals surface area contributed by atoms with Crippen LogP contribution in [0.15, 0.2) is 77.8 Å². The standard InChI is InChI=1S/C23H21ClN2O/c1-15-9-11-16(12-10-15)20-14-21(19-7-2-3-8-22(19)27)26-23(25-20)17-5-4-6-18(24)13-17/h2-13,21,23,26-27H,14H2,1H3/t21-,23+/m0/s1. The number of phenols is 1. The van der Waals surface area contributed by atoms with Gasteiger partial charge in [0.05, 0.1) is 0 Å². The number of aryl methyl sites for hydroxylation is 1. The molecular weight excluding hydrogens is 356 g/mol. The van der Waals surface area contributed by atoms with Gasteiger partial charge >= 0.3 is 0 Å². The molecule has 0 bridgehead atoms. The normalized spacial score (nSPS) is 19.6. The van der Waals surface area contributed by atoms with E-state index in [9.17, 15) is 5.11 Å². The Morgan fingerprint density at radius 3 is 2.52 bits per heavy atom. The molecule has 1 aliphatic rings. The maximum atomic E-state index is 10.4. The lowest BCUT2D eigenvalue weighted by atomic mass is 9.93. The van der Waals surface area contributed by atoms with Gasteiger partial charge in [-0.15, -0.1) is 0 Å². The molecule has 2 atom stereocenters. The Kier molecular flexibility index (Phi) is 4.97. The van der Waals surface area contributed by atoms with E-state index in [2.05, 4.69) is 36.5 Å². The summed E-state index contributed by atoms with van der Waals surface area (Å²) in [6.07, 6.45) is 0.482. The number of rotatable bonds is 3. The molecule has 3 aromatic rings. The molecule has 0 aliphatic carbocycles. The molecule has 1 aliphatic heterocycles. The third kappa shape index (κ3) is 3.90. The second-order valence-electron chi connectivity index (χ2n) is 6.88. The SMILES string of the molecule is Cc1ccc(C2=N[C@@H](c3cccc(Cl)c3)N[C@H](c3ccccc3O)C2)cc1. The van der Waals surface area contributed by atoms with Gasteiger partial charge in [-0.25, -0.2) is 0 Å². The first-order chi connectivity index (χ1) is 13.1. The summed E-state index contributed by atoms with van der Waals surface area (Å²) in [5.41, 5.74) is 5.23. The van der Waals surface area contributed by atoms with Crippen molar-refractivity contribution in [1.82, 2.24) is 5.32 Å². The fraction of sp³-hybridized carbons (Fsp3) is 0.174. The monoisotopic (exact) mass is 376 g/mol. The third-order valence-corrected chi connectivity index (χ3v) is 5.14. The quantitative estimate of drug-likeness (QED) is 0.627. The van der Waals surface area contributed by atoms with Crippen LogP contribution in [0.4, 0.5) is 0 Å². The number of aliphatic imine (C=N–C) groups is 1. The van der Waals surface area contributed by atoms with Crippen molar-refractivity contribution in [1.29, 1.82) is 0 Å². The molecule has 2 N–H and O–H groups in total. The summed E-state index contributed by atoms with van der Waals surface area (Å²) in [6, 6.07) is 23.6. The smallest absolute Gasteiger partial charge is 0.126 e. The van der Waals surface area contributed by atoms with Crippen molar-refractivity contribution in [3.05, 3.63) is 100 Å². The number of halogens is 1. The van der Waals surface area contributed by atoms with Crippen molar-refractivity contribution in [3.63, 3.8) is 0 Å². The molecule has 0 amide bonds. The highest BCUT2D eigenvalue weighted by atomic mass is 35.5. The Balaban J connectivity index is 1.76. The number of nitrogens with one attached hydrogen (secondary N) is 1. The van der Waals surface area contributed by atoms with E-state index in [4.69, 9.17) is 16.6 Å². The van der Waals surface area contributed by atoms with Gasteiger partial charge in [-0.05, 0) is 36.2 Å². The average Bonchev–Trinajstić information content (AvgIpc) is 2.68. The molecule has 0 saturated heterocycles. The van der Waals surface area contributed by atoms with Crippen molar-refractivity contribution >= 4 is 17.3 Å². The van der Waals surface area contributed by atoms with E-state index < -0.39 is 0 Å². The molecule has 0 spiro atoms. The zero-order valence-electron chi connectivity index (χ0n) is 15.1. The average molecular weight is 377 g/mol. The predicted octanol–water partition coefficient (Wildman–Crippen LogP) is 5.58. The van der Waals surface area contributed by atoms with E-state index in [-0.39, 0.29) is 12.2 Å². The van der Waals surface area contributed by atoms with Crippen LogP contribution in [0.25, 0.3) is 0 Å². The summed E-state index contributed by atoms with van der Waals surface area (Å²) in [4.78, 5) is 4.96. The van der Waals surface area contributed by atoms with Gasteiger partial charge in [-0.1, -0.05) is 71.8 Å². The van der Waals surface area contributed by atoms with Crippen LogP contribution in [0.1, 0.15) is 40.9 Å². The fourth-order valence-corrected chi connectivity index (χ4v) is 3.66. The number of nitrogens with zero attached hydrogens (tertiary/aromatic N) is 1. The Bertz CT molecular complexity index is 982. The fourth-order valence-electron chi connectivity index (χ4n) is 3.46. The van der Waals surface area contributed by atoms with Gasteiger partial charge in [0.25, 0.3) is 0 Å². The van der Waals surface area contributed by atoms with E-state index in [1.54, 1.807) is 6.07 Å². The van der Waals surface area contributed by atoms with Crippen LogP contribution < -0.4 is 5.32 Å². The molecular formula is C23H21ClN2O. The first kappa shape index (κ1) is 17.8. The van der Waals surface area contributed by atoms with Crippen molar-refractivity contribution in [3.8, 4) is 5.75 Å². The minimum absolute atomic E-state index is 0.0380. The van der Waals surface area contributed by atoms with E-state index >= 15 is 0 Å². The lowest BCUT2D eigenvalue weighted by Crippen LogP contribution is -2.33. The summed E-state index contributed by atoms with van der Waals surface area (Å²) in [5.74, 6) is 0.296. The van der Waals surface area contributed by atoms with Crippen LogP contribution >= 0.6 is 11.6 Å². The maximum absolute atomic E-state index is 10.4. The van der Waals surface area contributed by atoms with Crippen LogP contribution in [-0.4, -0.2) is 10.8 Å². The van der Waals surface area contributed by atoms with Gasteiger partial charge in [0.2, 0.25) is 0 Å². The molecule has 3 aromatic carbocycles. The summed E-state index contributed by atoms with van der Waals surface area (Å²) in [6.45, 7) is 2.08. The molecule has 0 fully saturated rings. The van der Waals surface area contributed by atoms with E-state index in [1.807, 2.05) is 42.5 Å². The Labute approximate surface area is 164 Å². The number of aromatic hydroxyl groups is 1. The lowest BCUT2D eigenvalue weighted by Gasteiger charge is -2.31. The van der Waals surface area contributed by atoms with Crippen LogP contribution in [0.2, 0.25) is 5.02 Å². The number of phenolic OH excluding ortho intramolecular Hbond substituents is 1. The summed E-state index contributed by atoms with van der Waals surface area (Å²) in [5, 5.41) is 14.6. The van der Waals surface area contributed by atoms with Crippen molar-refractivity contribution < 1.29 is 5.11 Å². The summed E-state index contributed by atoms with van der Waals surface area (Å²) in [7, 11) is 0. The van der Waals surface area contributed by atoms with Gasteiger partial charge in [-0.2, -0.15) is 0 Å². The molecule has 136 valence electrons. The van der Waals surface area contributed by atoms with Gasteiger partial charge in [0.15, 0.2) is 0 Å². The van der Waals surface area contributed by atoms with Gasteiger partial charge in [0.1, 0.15) is 11.9 Å². The van der Waals surface area contributed by atoms with Crippen LogP contribution in [0, 0.1) is 6.92 Å². The molecule has 4 heteroatoms.